The number of carboxylic acids is 1. The number of aliphatic hydroxyl groups excluding tert-OH is 4. The lowest BCUT2D eigenvalue weighted by molar-refractivity contribution is -0.321. The predicted molar refractivity (Wildman–Crippen MR) is 75.4 cm³/mol. The third-order valence-electron chi connectivity index (χ3n) is 3.61. The Labute approximate surface area is 143 Å². The number of nitrogens with one attached hydrogen (secondary N) is 1. The first-order valence-electron chi connectivity index (χ1n) is 7.35. The quantitative estimate of drug-likeness (QED) is 0.288. The molecule has 2 fully saturated rings. The molecule has 0 saturated carbocycles. The first-order chi connectivity index (χ1) is 11.5. The van der Waals surface area contributed by atoms with Gasteiger partial charge in [0.2, 0.25) is 0 Å². The molecule has 0 spiro atoms. The summed E-state index contributed by atoms with van der Waals surface area (Å²) >= 11 is 0. The first kappa shape index (κ1) is 22.1. The summed E-state index contributed by atoms with van der Waals surface area (Å²) in [7, 11) is -4.58. The second-order valence-electron chi connectivity index (χ2n) is 5.63. The smallest absolute Gasteiger partial charge is 0.159 e. The summed E-state index contributed by atoms with van der Waals surface area (Å²) in [6.45, 7) is -0.512. The van der Waals surface area contributed by atoms with Gasteiger partial charge in [-0.2, -0.15) is 0 Å². The minimum atomic E-state index is -4.58. The number of ether oxygens (including phenoxy) is 2. The molecule has 0 amide bonds. The van der Waals surface area contributed by atoms with Crippen LogP contribution in [0.4, 0.5) is 0 Å². The summed E-state index contributed by atoms with van der Waals surface area (Å²) in [4.78, 5) is 10.2. The van der Waals surface area contributed by atoms with Gasteiger partial charge in [0, 0.05) is 12.8 Å². The van der Waals surface area contributed by atoms with E-state index in [9.17, 15) is 28.0 Å². The highest BCUT2D eigenvalue weighted by atomic mass is 32.2. The standard InChI is InChI=1S/C6H13NO6S.C6H10O5/c8-2-4-1-6(9)5(3-13-4)7-14(10,11)12;7-3-1-5(6(9)10)11-2-4(3)8/h4-9H,1-3H2,(H,10,11,12);3-5,7-8H,1-2H2,(H,9,10)/p-2. The Morgan fingerprint density at radius 3 is 2.16 bits per heavy atom. The van der Waals surface area contributed by atoms with E-state index in [1.165, 1.54) is 0 Å². The molecule has 2 aliphatic heterocycles. The van der Waals surface area contributed by atoms with Crippen molar-refractivity contribution in [3.8, 4) is 0 Å². The van der Waals surface area contributed by atoms with Crippen molar-refractivity contribution in [1.82, 2.24) is 4.72 Å². The number of hydrogen-bond donors (Lipinski definition) is 5. The number of carbonyl (C=O) groups excluding carboxylic acids is 1. The fraction of sp³-hybridized carbons (Fsp3) is 0.917. The van der Waals surface area contributed by atoms with E-state index in [2.05, 4.69) is 4.74 Å². The fourth-order valence-corrected chi connectivity index (χ4v) is 2.81. The van der Waals surface area contributed by atoms with Crippen LogP contribution in [-0.4, -0.2) is 95.7 Å². The molecule has 0 aromatic heterocycles. The Kier molecular flexibility index (Phi) is 8.59. The Balaban J connectivity index is 0.000000257. The van der Waals surface area contributed by atoms with Crippen molar-refractivity contribution >= 4 is 16.3 Å². The number of carboxylic acid groups (broad SMARTS) is 1. The molecule has 0 aromatic rings. The lowest BCUT2D eigenvalue weighted by Crippen LogP contribution is -2.52. The number of aliphatic hydroxyl groups is 4. The van der Waals surface area contributed by atoms with E-state index in [1.54, 1.807) is 4.72 Å². The monoisotopic (exact) mass is 387 g/mol. The number of aliphatic carboxylic acids is 1. The average Bonchev–Trinajstić information content (AvgIpc) is 2.51. The van der Waals surface area contributed by atoms with Gasteiger partial charge in [-0.15, -0.1) is 0 Å². The summed E-state index contributed by atoms with van der Waals surface area (Å²) in [6.07, 6.45) is -4.61. The zero-order valence-electron chi connectivity index (χ0n) is 13.1. The van der Waals surface area contributed by atoms with Gasteiger partial charge in [0.25, 0.3) is 0 Å². The largest absolute Gasteiger partial charge is 0.735 e. The Bertz CT molecular complexity index is 527. The molecule has 6 atom stereocenters. The zero-order valence-corrected chi connectivity index (χ0v) is 13.9. The third-order valence-corrected chi connectivity index (χ3v) is 4.20. The van der Waals surface area contributed by atoms with E-state index < -0.39 is 52.8 Å². The molecular formula is C12H21NO11S-2. The molecule has 2 saturated heterocycles. The lowest BCUT2D eigenvalue weighted by Gasteiger charge is -2.33. The van der Waals surface area contributed by atoms with Gasteiger partial charge in [-0.3, -0.25) is 0 Å². The molecule has 25 heavy (non-hydrogen) atoms. The van der Waals surface area contributed by atoms with Gasteiger partial charge in [-0.25, -0.2) is 13.1 Å². The number of rotatable bonds is 4. The van der Waals surface area contributed by atoms with Crippen LogP contribution in [-0.2, 0) is 24.6 Å². The molecule has 5 N–H and O–H groups in total. The van der Waals surface area contributed by atoms with E-state index >= 15 is 0 Å². The van der Waals surface area contributed by atoms with Crippen molar-refractivity contribution < 1.29 is 52.8 Å². The molecular weight excluding hydrogens is 366 g/mol. The van der Waals surface area contributed by atoms with Gasteiger partial charge in [0.1, 0.15) is 6.10 Å². The van der Waals surface area contributed by atoms with E-state index in [-0.39, 0.29) is 32.7 Å². The zero-order chi connectivity index (χ0) is 19.2. The summed E-state index contributed by atoms with van der Waals surface area (Å²) in [5, 5.41) is 46.1. The van der Waals surface area contributed by atoms with Crippen molar-refractivity contribution in [2.24, 2.45) is 0 Å². The molecule has 0 aromatic carbocycles. The van der Waals surface area contributed by atoms with Crippen LogP contribution in [0, 0.1) is 0 Å². The van der Waals surface area contributed by atoms with Crippen LogP contribution >= 0.6 is 0 Å². The van der Waals surface area contributed by atoms with Crippen molar-refractivity contribution in [2.45, 2.75) is 49.4 Å². The third kappa shape index (κ3) is 7.89. The molecule has 2 aliphatic rings. The SMILES string of the molecule is O=C([O-])C1CC(O)C(O)CO1.O=S(=O)([O-])NC1COC(CO)CC1O. The molecule has 0 bridgehead atoms. The van der Waals surface area contributed by atoms with Crippen LogP contribution in [0.1, 0.15) is 12.8 Å². The van der Waals surface area contributed by atoms with E-state index in [0.717, 1.165) is 0 Å². The van der Waals surface area contributed by atoms with Gasteiger partial charge < -0.3 is 44.4 Å². The van der Waals surface area contributed by atoms with Crippen LogP contribution < -0.4 is 9.83 Å². The normalized spacial score (nSPS) is 36.2. The molecule has 2 heterocycles. The molecule has 6 unspecified atom stereocenters. The first-order valence-corrected chi connectivity index (χ1v) is 8.76. The van der Waals surface area contributed by atoms with Crippen molar-refractivity contribution in [1.29, 1.82) is 0 Å². The van der Waals surface area contributed by atoms with Crippen LogP contribution in [0.2, 0.25) is 0 Å². The van der Waals surface area contributed by atoms with Crippen molar-refractivity contribution in [3.05, 3.63) is 0 Å². The van der Waals surface area contributed by atoms with Gasteiger partial charge in [-0.1, -0.05) is 0 Å². The summed E-state index contributed by atoms with van der Waals surface area (Å²) in [5.74, 6) is -1.35. The van der Waals surface area contributed by atoms with Crippen molar-refractivity contribution in [3.63, 3.8) is 0 Å². The molecule has 2 rings (SSSR count). The summed E-state index contributed by atoms with van der Waals surface area (Å²) in [6, 6.07) is -0.930. The average molecular weight is 387 g/mol. The predicted octanol–water partition coefficient (Wildman–Crippen LogP) is -5.21. The number of carbonyl (C=O) groups is 1. The topological polar surface area (TPSA) is 209 Å². The minimum absolute atomic E-state index is 0.101. The number of hydrogen-bond acceptors (Lipinski definition) is 11. The van der Waals surface area contributed by atoms with E-state index in [0.29, 0.717) is 0 Å². The van der Waals surface area contributed by atoms with Crippen LogP contribution in [0.5, 0.6) is 0 Å². The van der Waals surface area contributed by atoms with E-state index in [1.807, 2.05) is 0 Å². The fourth-order valence-electron chi connectivity index (χ4n) is 2.21. The van der Waals surface area contributed by atoms with Crippen molar-refractivity contribution in [2.75, 3.05) is 19.8 Å². The van der Waals surface area contributed by atoms with Gasteiger partial charge >= 0.3 is 0 Å². The van der Waals surface area contributed by atoms with E-state index in [4.69, 9.17) is 20.1 Å². The Morgan fingerprint density at radius 1 is 1.08 bits per heavy atom. The van der Waals surface area contributed by atoms with Gasteiger partial charge in [0.15, 0.2) is 10.3 Å². The maximum absolute atomic E-state index is 10.3. The Morgan fingerprint density at radius 2 is 1.72 bits per heavy atom. The van der Waals surface area contributed by atoms with Crippen LogP contribution in [0.3, 0.4) is 0 Å². The molecule has 0 radical (unpaired) electrons. The second-order valence-corrected chi connectivity index (χ2v) is 6.77. The highest BCUT2D eigenvalue weighted by Gasteiger charge is 2.30. The minimum Gasteiger partial charge on any atom is -0.735 e. The van der Waals surface area contributed by atoms with Gasteiger partial charge in [0.05, 0.1) is 56.2 Å². The molecule has 0 aliphatic carbocycles. The highest BCUT2D eigenvalue weighted by Crippen LogP contribution is 2.14. The molecule has 13 heteroatoms. The van der Waals surface area contributed by atoms with Crippen LogP contribution in [0.25, 0.3) is 0 Å². The van der Waals surface area contributed by atoms with Crippen LogP contribution in [0.15, 0.2) is 0 Å². The highest BCUT2D eigenvalue weighted by molar-refractivity contribution is 7.83. The second kappa shape index (κ2) is 9.70. The molecule has 148 valence electrons. The maximum atomic E-state index is 10.3. The lowest BCUT2D eigenvalue weighted by atomic mass is 10.0. The summed E-state index contributed by atoms with van der Waals surface area (Å²) < 4.78 is 42.3. The molecule has 12 nitrogen and oxygen atoms in total. The Hall–Kier alpha value is -0.900. The maximum Gasteiger partial charge on any atom is 0.159 e. The summed E-state index contributed by atoms with van der Waals surface area (Å²) in [5.41, 5.74) is 0. The van der Waals surface area contributed by atoms with Gasteiger partial charge in [-0.05, 0) is 0 Å².